The number of rotatable bonds is 4. The summed E-state index contributed by atoms with van der Waals surface area (Å²) in [6.07, 6.45) is 0. The topological polar surface area (TPSA) is 38.3 Å². The second-order valence-corrected chi connectivity index (χ2v) is 4.61. The molecule has 2 aromatic rings. The first kappa shape index (κ1) is 14.1. The maximum Gasteiger partial charge on any atom is 0.262 e. The van der Waals surface area contributed by atoms with Crippen molar-refractivity contribution in [3.05, 3.63) is 59.4 Å². The van der Waals surface area contributed by atoms with Crippen molar-refractivity contribution in [2.75, 3.05) is 11.9 Å². The van der Waals surface area contributed by atoms with Gasteiger partial charge in [0.1, 0.15) is 11.6 Å². The maximum atomic E-state index is 12.7. The molecule has 0 unspecified atom stereocenters. The SMILES string of the molecule is Cc1ccc(NC(=O)COc2ccc(F)cc2)c(C)c1. The van der Waals surface area contributed by atoms with Gasteiger partial charge in [-0.05, 0) is 49.7 Å². The molecule has 0 radical (unpaired) electrons. The van der Waals surface area contributed by atoms with Crippen LogP contribution in [0.4, 0.5) is 10.1 Å². The molecule has 0 saturated heterocycles. The Morgan fingerprint density at radius 3 is 2.50 bits per heavy atom. The molecular formula is C16H16FNO2. The largest absolute Gasteiger partial charge is 0.484 e. The van der Waals surface area contributed by atoms with Crippen molar-refractivity contribution in [3.63, 3.8) is 0 Å². The molecule has 1 N–H and O–H groups in total. The summed E-state index contributed by atoms with van der Waals surface area (Å²) in [6, 6.07) is 11.3. The van der Waals surface area contributed by atoms with Crippen molar-refractivity contribution in [1.29, 1.82) is 0 Å². The predicted molar refractivity (Wildman–Crippen MR) is 76.4 cm³/mol. The monoisotopic (exact) mass is 273 g/mol. The van der Waals surface area contributed by atoms with Gasteiger partial charge in [0.15, 0.2) is 6.61 Å². The Bertz CT molecular complexity index is 608. The Kier molecular flexibility index (Phi) is 4.35. The summed E-state index contributed by atoms with van der Waals surface area (Å²) in [6.45, 7) is 3.82. The molecule has 0 aliphatic rings. The van der Waals surface area contributed by atoms with E-state index in [0.717, 1.165) is 16.8 Å². The van der Waals surface area contributed by atoms with E-state index in [1.807, 2.05) is 32.0 Å². The van der Waals surface area contributed by atoms with Crippen LogP contribution in [0.5, 0.6) is 5.75 Å². The number of carbonyl (C=O) groups excluding carboxylic acids is 1. The fraction of sp³-hybridized carbons (Fsp3) is 0.188. The third kappa shape index (κ3) is 3.82. The van der Waals surface area contributed by atoms with Crippen LogP contribution >= 0.6 is 0 Å². The Morgan fingerprint density at radius 2 is 1.85 bits per heavy atom. The van der Waals surface area contributed by atoms with E-state index in [1.165, 1.54) is 24.3 Å². The molecule has 0 bridgehead atoms. The van der Waals surface area contributed by atoms with Crippen LogP contribution in [0.15, 0.2) is 42.5 Å². The number of amides is 1. The molecule has 0 spiro atoms. The average Bonchev–Trinajstić information content (AvgIpc) is 2.41. The van der Waals surface area contributed by atoms with Gasteiger partial charge in [-0.15, -0.1) is 0 Å². The number of carbonyl (C=O) groups is 1. The highest BCUT2D eigenvalue weighted by atomic mass is 19.1. The van der Waals surface area contributed by atoms with Gasteiger partial charge >= 0.3 is 0 Å². The zero-order valence-electron chi connectivity index (χ0n) is 11.4. The summed E-state index contributed by atoms with van der Waals surface area (Å²) in [5.41, 5.74) is 2.91. The number of hydrogen-bond donors (Lipinski definition) is 1. The van der Waals surface area contributed by atoms with Gasteiger partial charge in [0.25, 0.3) is 5.91 Å². The number of halogens is 1. The van der Waals surface area contributed by atoms with Gasteiger partial charge in [0, 0.05) is 5.69 Å². The molecule has 104 valence electrons. The van der Waals surface area contributed by atoms with Crippen molar-refractivity contribution in [3.8, 4) is 5.75 Å². The second kappa shape index (κ2) is 6.19. The smallest absolute Gasteiger partial charge is 0.262 e. The van der Waals surface area contributed by atoms with Crippen LogP contribution < -0.4 is 10.1 Å². The summed E-state index contributed by atoms with van der Waals surface area (Å²) in [5, 5.41) is 2.78. The average molecular weight is 273 g/mol. The highest BCUT2D eigenvalue weighted by Crippen LogP contribution is 2.16. The lowest BCUT2D eigenvalue weighted by atomic mass is 10.1. The highest BCUT2D eigenvalue weighted by molar-refractivity contribution is 5.92. The Morgan fingerprint density at radius 1 is 1.15 bits per heavy atom. The first-order chi connectivity index (χ1) is 9.54. The number of aryl methyl sites for hydroxylation is 2. The fourth-order valence-electron chi connectivity index (χ4n) is 1.82. The first-order valence-corrected chi connectivity index (χ1v) is 6.30. The Balaban J connectivity index is 1.90. The normalized spacial score (nSPS) is 10.2. The van der Waals surface area contributed by atoms with Crippen molar-refractivity contribution >= 4 is 11.6 Å². The molecule has 20 heavy (non-hydrogen) atoms. The summed E-state index contributed by atoms with van der Waals surface area (Å²) < 4.78 is 18.0. The number of hydrogen-bond acceptors (Lipinski definition) is 2. The summed E-state index contributed by atoms with van der Waals surface area (Å²) >= 11 is 0. The number of ether oxygens (including phenoxy) is 1. The first-order valence-electron chi connectivity index (χ1n) is 6.30. The number of benzene rings is 2. The third-order valence-electron chi connectivity index (χ3n) is 2.84. The van der Waals surface area contributed by atoms with E-state index in [1.54, 1.807) is 0 Å². The number of nitrogens with one attached hydrogen (secondary N) is 1. The molecule has 0 aliphatic carbocycles. The molecule has 0 aliphatic heterocycles. The van der Waals surface area contributed by atoms with E-state index in [9.17, 15) is 9.18 Å². The molecule has 0 saturated carbocycles. The minimum Gasteiger partial charge on any atom is -0.484 e. The predicted octanol–water partition coefficient (Wildman–Crippen LogP) is 3.46. The van der Waals surface area contributed by atoms with Crippen molar-refractivity contribution in [2.24, 2.45) is 0 Å². The van der Waals surface area contributed by atoms with E-state index in [-0.39, 0.29) is 18.3 Å². The van der Waals surface area contributed by atoms with Crippen LogP contribution in [0, 0.1) is 19.7 Å². The second-order valence-electron chi connectivity index (χ2n) is 4.61. The molecule has 0 aromatic heterocycles. The molecule has 0 heterocycles. The molecule has 2 rings (SSSR count). The highest BCUT2D eigenvalue weighted by Gasteiger charge is 2.06. The minimum absolute atomic E-state index is 0.112. The third-order valence-corrected chi connectivity index (χ3v) is 2.84. The van der Waals surface area contributed by atoms with Crippen molar-refractivity contribution in [2.45, 2.75) is 13.8 Å². The van der Waals surface area contributed by atoms with Crippen LogP contribution in [0.3, 0.4) is 0 Å². The lowest BCUT2D eigenvalue weighted by Crippen LogP contribution is -2.20. The summed E-state index contributed by atoms with van der Waals surface area (Å²) in [4.78, 5) is 11.8. The zero-order chi connectivity index (χ0) is 14.5. The van der Waals surface area contributed by atoms with Crippen molar-refractivity contribution < 1.29 is 13.9 Å². The lowest BCUT2D eigenvalue weighted by Gasteiger charge is -2.10. The Labute approximate surface area is 117 Å². The molecule has 4 heteroatoms. The quantitative estimate of drug-likeness (QED) is 0.926. The number of anilines is 1. The van der Waals surface area contributed by atoms with Gasteiger partial charge < -0.3 is 10.1 Å². The summed E-state index contributed by atoms with van der Waals surface area (Å²) in [5.74, 6) is -0.125. The van der Waals surface area contributed by atoms with E-state index in [0.29, 0.717) is 5.75 Å². The van der Waals surface area contributed by atoms with Crippen molar-refractivity contribution in [1.82, 2.24) is 0 Å². The molecule has 0 atom stereocenters. The van der Waals surface area contributed by atoms with Crippen LogP contribution in [-0.4, -0.2) is 12.5 Å². The van der Waals surface area contributed by atoms with E-state index in [2.05, 4.69) is 5.32 Å². The molecular weight excluding hydrogens is 257 g/mol. The van der Waals surface area contributed by atoms with Crippen LogP contribution in [0.25, 0.3) is 0 Å². The van der Waals surface area contributed by atoms with Gasteiger partial charge in [0.05, 0.1) is 0 Å². The fourth-order valence-corrected chi connectivity index (χ4v) is 1.82. The molecule has 2 aromatic carbocycles. The molecule has 1 amide bonds. The van der Waals surface area contributed by atoms with Gasteiger partial charge in [-0.2, -0.15) is 0 Å². The summed E-state index contributed by atoms with van der Waals surface area (Å²) in [7, 11) is 0. The van der Waals surface area contributed by atoms with Crippen LogP contribution in [0.2, 0.25) is 0 Å². The van der Waals surface area contributed by atoms with Gasteiger partial charge in [0.2, 0.25) is 0 Å². The maximum absolute atomic E-state index is 12.7. The standard InChI is InChI=1S/C16H16FNO2/c1-11-3-8-15(12(2)9-11)18-16(19)10-20-14-6-4-13(17)5-7-14/h3-9H,10H2,1-2H3,(H,18,19). The van der Waals surface area contributed by atoms with Gasteiger partial charge in [-0.25, -0.2) is 4.39 Å². The van der Waals surface area contributed by atoms with Gasteiger partial charge in [-0.3, -0.25) is 4.79 Å². The van der Waals surface area contributed by atoms with E-state index >= 15 is 0 Å². The Hall–Kier alpha value is -2.36. The molecule has 0 fully saturated rings. The minimum atomic E-state index is -0.336. The lowest BCUT2D eigenvalue weighted by molar-refractivity contribution is -0.118. The van der Waals surface area contributed by atoms with E-state index < -0.39 is 0 Å². The van der Waals surface area contributed by atoms with Crippen LogP contribution in [-0.2, 0) is 4.79 Å². The van der Waals surface area contributed by atoms with Crippen LogP contribution in [0.1, 0.15) is 11.1 Å². The zero-order valence-corrected chi connectivity index (χ0v) is 11.4. The molecule has 3 nitrogen and oxygen atoms in total. The van der Waals surface area contributed by atoms with E-state index in [4.69, 9.17) is 4.74 Å². The van der Waals surface area contributed by atoms with Gasteiger partial charge in [-0.1, -0.05) is 17.7 Å².